The SMILES string of the molecule is CCC(O)(CCCO)CNC(=O)c1cccc(-c2ccc3[nH]ccc3c2)c1. The summed E-state index contributed by atoms with van der Waals surface area (Å²) in [7, 11) is 0. The zero-order chi connectivity index (χ0) is 19.3. The highest BCUT2D eigenvalue weighted by Gasteiger charge is 2.25. The van der Waals surface area contributed by atoms with Crippen LogP contribution in [0, 0.1) is 0 Å². The summed E-state index contributed by atoms with van der Waals surface area (Å²) in [6.07, 6.45) is 3.39. The fourth-order valence-electron chi connectivity index (χ4n) is 3.22. The Balaban J connectivity index is 1.73. The topological polar surface area (TPSA) is 85.3 Å². The monoisotopic (exact) mass is 366 g/mol. The second-order valence-electron chi connectivity index (χ2n) is 6.95. The fourth-order valence-corrected chi connectivity index (χ4v) is 3.22. The van der Waals surface area contributed by atoms with Crippen molar-refractivity contribution in [3.05, 3.63) is 60.3 Å². The van der Waals surface area contributed by atoms with E-state index >= 15 is 0 Å². The van der Waals surface area contributed by atoms with Crippen molar-refractivity contribution in [3.8, 4) is 11.1 Å². The lowest BCUT2D eigenvalue weighted by atomic mass is 9.94. The van der Waals surface area contributed by atoms with E-state index in [1.54, 1.807) is 6.07 Å². The molecule has 3 rings (SSSR count). The molecule has 1 atom stereocenters. The minimum absolute atomic E-state index is 0.0315. The molecule has 0 spiro atoms. The summed E-state index contributed by atoms with van der Waals surface area (Å²) in [5, 5.41) is 23.5. The summed E-state index contributed by atoms with van der Waals surface area (Å²) in [5.41, 5.74) is 2.66. The van der Waals surface area contributed by atoms with Crippen LogP contribution in [0.2, 0.25) is 0 Å². The summed E-state index contributed by atoms with van der Waals surface area (Å²) in [6, 6.07) is 15.6. The van der Waals surface area contributed by atoms with Gasteiger partial charge in [-0.2, -0.15) is 0 Å². The van der Waals surface area contributed by atoms with Crippen LogP contribution in [-0.4, -0.2) is 39.9 Å². The van der Waals surface area contributed by atoms with Gasteiger partial charge < -0.3 is 20.5 Å². The van der Waals surface area contributed by atoms with E-state index < -0.39 is 5.60 Å². The number of aliphatic hydroxyl groups is 2. The van der Waals surface area contributed by atoms with E-state index in [9.17, 15) is 9.90 Å². The minimum Gasteiger partial charge on any atom is -0.396 e. The smallest absolute Gasteiger partial charge is 0.251 e. The summed E-state index contributed by atoms with van der Waals surface area (Å²) in [4.78, 5) is 15.7. The van der Waals surface area contributed by atoms with Crippen molar-refractivity contribution >= 4 is 16.8 Å². The first kappa shape index (κ1) is 19.1. The van der Waals surface area contributed by atoms with E-state index in [0.29, 0.717) is 24.8 Å². The lowest BCUT2D eigenvalue weighted by molar-refractivity contribution is 0.0212. The highest BCUT2D eigenvalue weighted by Crippen LogP contribution is 2.25. The molecule has 5 heteroatoms. The normalized spacial score (nSPS) is 13.4. The predicted octanol–water partition coefficient (Wildman–Crippen LogP) is 3.48. The van der Waals surface area contributed by atoms with Crippen LogP contribution in [0.5, 0.6) is 0 Å². The minimum atomic E-state index is -0.991. The summed E-state index contributed by atoms with van der Waals surface area (Å²) < 4.78 is 0. The number of rotatable bonds is 8. The molecule has 3 aromatic rings. The van der Waals surface area contributed by atoms with Gasteiger partial charge in [0.25, 0.3) is 5.91 Å². The van der Waals surface area contributed by atoms with Crippen molar-refractivity contribution < 1.29 is 15.0 Å². The Morgan fingerprint density at radius 3 is 2.74 bits per heavy atom. The van der Waals surface area contributed by atoms with Crippen LogP contribution in [0.4, 0.5) is 0 Å². The summed E-state index contributed by atoms with van der Waals surface area (Å²) in [5.74, 6) is -0.213. The number of aromatic nitrogens is 1. The van der Waals surface area contributed by atoms with E-state index in [2.05, 4.69) is 16.4 Å². The lowest BCUT2D eigenvalue weighted by Gasteiger charge is -2.26. The number of aromatic amines is 1. The average Bonchev–Trinajstić information content (AvgIpc) is 3.18. The Bertz CT molecular complexity index is 919. The van der Waals surface area contributed by atoms with Crippen LogP contribution in [0.25, 0.3) is 22.0 Å². The highest BCUT2D eigenvalue weighted by atomic mass is 16.3. The molecule has 0 aliphatic heterocycles. The number of amides is 1. The van der Waals surface area contributed by atoms with Crippen LogP contribution < -0.4 is 5.32 Å². The van der Waals surface area contributed by atoms with Gasteiger partial charge in [-0.15, -0.1) is 0 Å². The molecule has 0 fully saturated rings. The predicted molar refractivity (Wildman–Crippen MR) is 108 cm³/mol. The van der Waals surface area contributed by atoms with E-state index in [0.717, 1.165) is 22.0 Å². The third kappa shape index (κ3) is 4.56. The van der Waals surface area contributed by atoms with Crippen molar-refractivity contribution in [2.75, 3.05) is 13.2 Å². The quantitative estimate of drug-likeness (QED) is 0.492. The summed E-state index contributed by atoms with van der Waals surface area (Å²) >= 11 is 0. The van der Waals surface area contributed by atoms with Gasteiger partial charge in [-0.25, -0.2) is 0 Å². The van der Waals surface area contributed by atoms with Crippen molar-refractivity contribution in [2.45, 2.75) is 31.8 Å². The number of H-pyrrole nitrogens is 1. The molecule has 2 aromatic carbocycles. The molecule has 0 bridgehead atoms. The first-order valence-electron chi connectivity index (χ1n) is 9.34. The van der Waals surface area contributed by atoms with Gasteiger partial charge in [0.2, 0.25) is 0 Å². The first-order chi connectivity index (χ1) is 13.0. The fraction of sp³-hybridized carbons (Fsp3) is 0.318. The molecule has 27 heavy (non-hydrogen) atoms. The van der Waals surface area contributed by atoms with Gasteiger partial charge in [-0.1, -0.05) is 25.1 Å². The van der Waals surface area contributed by atoms with E-state index in [1.807, 2.05) is 49.5 Å². The lowest BCUT2D eigenvalue weighted by Crippen LogP contribution is -2.42. The molecule has 1 heterocycles. The molecule has 0 aliphatic rings. The van der Waals surface area contributed by atoms with E-state index in [1.165, 1.54) is 0 Å². The van der Waals surface area contributed by atoms with E-state index in [-0.39, 0.29) is 19.1 Å². The number of carbonyl (C=O) groups excluding carboxylic acids is 1. The van der Waals surface area contributed by atoms with E-state index in [4.69, 9.17) is 5.11 Å². The number of hydrogen-bond donors (Lipinski definition) is 4. The molecule has 1 amide bonds. The molecule has 0 aliphatic carbocycles. The molecule has 0 saturated heterocycles. The van der Waals surface area contributed by atoms with Crippen molar-refractivity contribution in [1.29, 1.82) is 0 Å². The standard InChI is InChI=1S/C22H26N2O3/c1-2-22(27,10-4-12-25)15-24-21(26)19-6-3-5-16(14-19)17-7-8-20-18(13-17)9-11-23-20/h3,5-9,11,13-14,23,25,27H,2,4,10,12,15H2,1H3,(H,24,26). The largest absolute Gasteiger partial charge is 0.396 e. The van der Waals surface area contributed by atoms with Crippen molar-refractivity contribution in [2.24, 2.45) is 0 Å². The van der Waals surface area contributed by atoms with Crippen LogP contribution >= 0.6 is 0 Å². The molecule has 4 N–H and O–H groups in total. The second kappa shape index (κ2) is 8.37. The van der Waals surface area contributed by atoms with Gasteiger partial charge in [0, 0.05) is 30.4 Å². The average molecular weight is 366 g/mol. The zero-order valence-electron chi connectivity index (χ0n) is 15.5. The molecule has 142 valence electrons. The summed E-state index contributed by atoms with van der Waals surface area (Å²) in [6.45, 7) is 2.08. The molecule has 1 unspecified atom stereocenters. The molecule has 0 radical (unpaired) electrons. The number of nitrogens with one attached hydrogen (secondary N) is 2. The van der Waals surface area contributed by atoms with Gasteiger partial charge in [-0.05, 0) is 66.1 Å². The molecular weight excluding hydrogens is 340 g/mol. The number of fused-ring (bicyclic) bond motifs is 1. The molecule has 1 aromatic heterocycles. The van der Waals surface area contributed by atoms with Gasteiger partial charge in [0.05, 0.1) is 5.60 Å². The maximum Gasteiger partial charge on any atom is 0.251 e. The van der Waals surface area contributed by atoms with Gasteiger partial charge in [0.15, 0.2) is 0 Å². The molecule has 0 saturated carbocycles. The van der Waals surface area contributed by atoms with Crippen molar-refractivity contribution in [3.63, 3.8) is 0 Å². The molecular formula is C22H26N2O3. The number of aliphatic hydroxyl groups excluding tert-OH is 1. The van der Waals surface area contributed by atoms with Gasteiger partial charge >= 0.3 is 0 Å². The van der Waals surface area contributed by atoms with Crippen LogP contribution in [0.15, 0.2) is 54.7 Å². The maximum atomic E-state index is 12.6. The Hall–Kier alpha value is -2.63. The zero-order valence-corrected chi connectivity index (χ0v) is 15.5. The van der Waals surface area contributed by atoms with Crippen LogP contribution in [-0.2, 0) is 0 Å². The number of carbonyl (C=O) groups is 1. The Morgan fingerprint density at radius 2 is 1.96 bits per heavy atom. The Kier molecular flexibility index (Phi) is 5.94. The third-order valence-corrected chi connectivity index (χ3v) is 5.05. The number of benzene rings is 2. The van der Waals surface area contributed by atoms with Crippen molar-refractivity contribution in [1.82, 2.24) is 10.3 Å². The highest BCUT2D eigenvalue weighted by molar-refractivity contribution is 5.96. The first-order valence-corrected chi connectivity index (χ1v) is 9.34. The Morgan fingerprint density at radius 1 is 1.15 bits per heavy atom. The van der Waals surface area contributed by atoms with Gasteiger partial charge in [0.1, 0.15) is 0 Å². The van der Waals surface area contributed by atoms with Crippen LogP contribution in [0.3, 0.4) is 0 Å². The van der Waals surface area contributed by atoms with Gasteiger partial charge in [-0.3, -0.25) is 4.79 Å². The third-order valence-electron chi connectivity index (χ3n) is 5.05. The Labute approximate surface area is 159 Å². The maximum absolute atomic E-state index is 12.6. The second-order valence-corrected chi connectivity index (χ2v) is 6.95. The van der Waals surface area contributed by atoms with Crippen LogP contribution in [0.1, 0.15) is 36.5 Å². The molecule has 5 nitrogen and oxygen atoms in total. The number of hydrogen-bond acceptors (Lipinski definition) is 3.